The molecule has 1 aliphatic heterocycles. The maximum atomic E-state index is 11.7. The standard InChI is InChI=1S/C10H14N2OS.ClH/c1-12-7-14(13)10-6-8(4-5-11)2-3-9(10)12;/h2-3,6H,4-5,7,11H2,1H3;1H. The highest BCUT2D eigenvalue weighted by Crippen LogP contribution is 2.30. The van der Waals surface area contributed by atoms with Gasteiger partial charge in [-0.3, -0.25) is 4.21 Å². The molecule has 0 aromatic heterocycles. The van der Waals surface area contributed by atoms with Crippen LogP contribution in [0.5, 0.6) is 0 Å². The number of benzene rings is 1. The van der Waals surface area contributed by atoms with Gasteiger partial charge in [0.05, 0.1) is 27.3 Å². The minimum Gasteiger partial charge on any atom is -0.361 e. The van der Waals surface area contributed by atoms with Gasteiger partial charge in [0.2, 0.25) is 0 Å². The minimum absolute atomic E-state index is 0. The molecule has 2 N–H and O–H groups in total. The lowest BCUT2D eigenvalue weighted by atomic mass is 10.1. The van der Waals surface area contributed by atoms with Gasteiger partial charge in [0.1, 0.15) is 0 Å². The first kappa shape index (κ1) is 12.5. The minimum atomic E-state index is -0.857. The van der Waals surface area contributed by atoms with Crippen molar-refractivity contribution in [2.24, 2.45) is 5.73 Å². The molecule has 1 heterocycles. The third-order valence-electron chi connectivity index (χ3n) is 2.42. The highest BCUT2D eigenvalue weighted by atomic mass is 35.5. The zero-order chi connectivity index (χ0) is 10.1. The number of nitrogens with zero attached hydrogens (tertiary/aromatic N) is 1. The lowest BCUT2D eigenvalue weighted by molar-refractivity contribution is 0.685. The van der Waals surface area contributed by atoms with E-state index in [4.69, 9.17) is 5.73 Å². The second-order valence-corrected chi connectivity index (χ2v) is 4.90. The zero-order valence-electron chi connectivity index (χ0n) is 8.60. The monoisotopic (exact) mass is 246 g/mol. The number of hydrogen-bond donors (Lipinski definition) is 1. The Labute approximate surface area is 98.5 Å². The first-order chi connectivity index (χ1) is 6.72. The van der Waals surface area contributed by atoms with E-state index in [1.807, 2.05) is 24.1 Å². The van der Waals surface area contributed by atoms with Gasteiger partial charge in [-0.15, -0.1) is 12.4 Å². The number of rotatable bonds is 2. The lowest BCUT2D eigenvalue weighted by Gasteiger charge is -2.09. The molecule has 1 aliphatic rings. The van der Waals surface area contributed by atoms with Crippen molar-refractivity contribution in [1.29, 1.82) is 0 Å². The molecule has 0 aliphatic carbocycles. The maximum Gasteiger partial charge on any atom is 0.0982 e. The van der Waals surface area contributed by atoms with Gasteiger partial charge in [0.15, 0.2) is 0 Å². The number of halogens is 1. The molecule has 0 spiro atoms. The topological polar surface area (TPSA) is 46.3 Å². The van der Waals surface area contributed by atoms with Gasteiger partial charge in [0.25, 0.3) is 0 Å². The van der Waals surface area contributed by atoms with Crippen LogP contribution in [0, 0.1) is 0 Å². The molecule has 1 unspecified atom stereocenters. The van der Waals surface area contributed by atoms with Crippen molar-refractivity contribution >= 4 is 28.9 Å². The van der Waals surface area contributed by atoms with Gasteiger partial charge in [-0.05, 0) is 30.7 Å². The van der Waals surface area contributed by atoms with Crippen molar-refractivity contribution in [3.8, 4) is 0 Å². The Morgan fingerprint density at radius 3 is 2.93 bits per heavy atom. The molecule has 0 bridgehead atoms. The quantitative estimate of drug-likeness (QED) is 0.851. The second kappa shape index (κ2) is 4.96. The molecule has 0 fully saturated rings. The van der Waals surface area contributed by atoms with E-state index in [0.717, 1.165) is 17.0 Å². The summed E-state index contributed by atoms with van der Waals surface area (Å²) in [6.07, 6.45) is 0.855. The molecule has 15 heavy (non-hydrogen) atoms. The van der Waals surface area contributed by atoms with Crippen molar-refractivity contribution < 1.29 is 4.21 Å². The van der Waals surface area contributed by atoms with Crippen molar-refractivity contribution in [1.82, 2.24) is 0 Å². The third kappa shape index (κ3) is 2.33. The van der Waals surface area contributed by atoms with Crippen LogP contribution in [-0.2, 0) is 17.2 Å². The third-order valence-corrected chi connectivity index (χ3v) is 3.86. The van der Waals surface area contributed by atoms with Gasteiger partial charge >= 0.3 is 0 Å². The largest absolute Gasteiger partial charge is 0.361 e. The van der Waals surface area contributed by atoms with Crippen molar-refractivity contribution in [3.63, 3.8) is 0 Å². The summed E-state index contributed by atoms with van der Waals surface area (Å²) < 4.78 is 11.7. The van der Waals surface area contributed by atoms with Crippen LogP contribution in [0.1, 0.15) is 5.56 Å². The number of nitrogens with two attached hydrogens (primary N) is 1. The average molecular weight is 247 g/mol. The molecule has 1 atom stereocenters. The predicted molar refractivity (Wildman–Crippen MR) is 66.1 cm³/mol. The lowest BCUT2D eigenvalue weighted by Crippen LogP contribution is -2.13. The van der Waals surface area contributed by atoms with Crippen LogP contribution < -0.4 is 10.6 Å². The highest BCUT2D eigenvalue weighted by Gasteiger charge is 2.22. The van der Waals surface area contributed by atoms with Gasteiger partial charge in [-0.2, -0.15) is 0 Å². The molecule has 0 saturated heterocycles. The van der Waals surface area contributed by atoms with E-state index in [-0.39, 0.29) is 12.4 Å². The normalized spacial score (nSPS) is 18.5. The SMILES string of the molecule is CN1CS(=O)c2cc(CCN)ccc21.Cl. The van der Waals surface area contributed by atoms with Gasteiger partial charge < -0.3 is 10.6 Å². The van der Waals surface area contributed by atoms with Crippen molar-refractivity contribution in [2.75, 3.05) is 24.4 Å². The summed E-state index contributed by atoms with van der Waals surface area (Å²) in [6.45, 7) is 0.640. The zero-order valence-corrected chi connectivity index (χ0v) is 10.2. The Hall–Kier alpha value is -0.580. The van der Waals surface area contributed by atoms with Crippen LogP contribution in [0.4, 0.5) is 5.69 Å². The smallest absolute Gasteiger partial charge is 0.0982 e. The molecular weight excluding hydrogens is 232 g/mol. The summed E-state index contributed by atoms with van der Waals surface area (Å²) in [6, 6.07) is 6.11. The van der Waals surface area contributed by atoms with Gasteiger partial charge in [-0.1, -0.05) is 6.07 Å². The number of hydrogen-bond acceptors (Lipinski definition) is 3. The van der Waals surface area contributed by atoms with E-state index in [2.05, 4.69) is 6.07 Å². The fraction of sp³-hybridized carbons (Fsp3) is 0.400. The first-order valence-corrected chi connectivity index (χ1v) is 5.97. The Balaban J connectivity index is 0.00000112. The summed E-state index contributed by atoms with van der Waals surface area (Å²) in [4.78, 5) is 2.98. The first-order valence-electron chi connectivity index (χ1n) is 4.65. The van der Waals surface area contributed by atoms with Crippen LogP contribution >= 0.6 is 12.4 Å². The predicted octanol–water partition coefficient (Wildman–Crippen LogP) is 1.12. The molecule has 3 nitrogen and oxygen atoms in total. The molecule has 2 rings (SSSR count). The van der Waals surface area contributed by atoms with Crippen LogP contribution in [-0.4, -0.2) is 23.7 Å². The summed E-state index contributed by atoms with van der Waals surface area (Å²) in [5.41, 5.74) is 7.74. The fourth-order valence-electron chi connectivity index (χ4n) is 1.69. The van der Waals surface area contributed by atoms with Crippen LogP contribution in [0.2, 0.25) is 0 Å². The maximum absolute atomic E-state index is 11.7. The van der Waals surface area contributed by atoms with Crippen LogP contribution in [0.25, 0.3) is 0 Å². The van der Waals surface area contributed by atoms with E-state index in [9.17, 15) is 4.21 Å². The molecule has 0 amide bonds. The molecule has 5 heteroatoms. The van der Waals surface area contributed by atoms with E-state index in [1.54, 1.807) is 0 Å². The number of fused-ring (bicyclic) bond motifs is 1. The Morgan fingerprint density at radius 1 is 1.53 bits per heavy atom. The van der Waals surface area contributed by atoms with Gasteiger partial charge in [0, 0.05) is 7.05 Å². The Kier molecular flexibility index (Phi) is 4.13. The van der Waals surface area contributed by atoms with E-state index in [0.29, 0.717) is 12.4 Å². The molecule has 1 aromatic carbocycles. The van der Waals surface area contributed by atoms with Crippen LogP contribution in [0.3, 0.4) is 0 Å². The summed E-state index contributed by atoms with van der Waals surface area (Å²) in [5, 5.41) is 0. The molecular formula is C10H15ClN2OS. The van der Waals surface area contributed by atoms with Crippen LogP contribution in [0.15, 0.2) is 23.1 Å². The summed E-state index contributed by atoms with van der Waals surface area (Å²) in [5.74, 6) is 0.613. The van der Waals surface area contributed by atoms with Crippen molar-refractivity contribution in [3.05, 3.63) is 23.8 Å². The van der Waals surface area contributed by atoms with Gasteiger partial charge in [-0.25, -0.2) is 0 Å². The van der Waals surface area contributed by atoms with E-state index in [1.165, 1.54) is 5.56 Å². The Morgan fingerprint density at radius 2 is 2.27 bits per heavy atom. The molecule has 84 valence electrons. The summed E-state index contributed by atoms with van der Waals surface area (Å²) in [7, 11) is 1.11. The Bertz CT molecular complexity index is 384. The fourth-order valence-corrected chi connectivity index (χ4v) is 3.06. The molecule has 0 radical (unpaired) electrons. The van der Waals surface area contributed by atoms with Crippen molar-refractivity contribution in [2.45, 2.75) is 11.3 Å². The summed E-state index contributed by atoms with van der Waals surface area (Å²) >= 11 is 0. The second-order valence-electron chi connectivity index (χ2n) is 3.51. The molecule has 1 aromatic rings. The highest BCUT2D eigenvalue weighted by molar-refractivity contribution is 7.85. The number of anilines is 1. The average Bonchev–Trinajstić information content (AvgIpc) is 2.43. The van der Waals surface area contributed by atoms with E-state index < -0.39 is 10.8 Å². The van der Waals surface area contributed by atoms with E-state index >= 15 is 0 Å². The molecule has 0 saturated carbocycles.